The summed E-state index contributed by atoms with van der Waals surface area (Å²) in [4.78, 5) is 24.6. The van der Waals surface area contributed by atoms with Crippen LogP contribution in [-0.2, 0) is 4.79 Å². The van der Waals surface area contributed by atoms with Crippen molar-refractivity contribution in [3.8, 4) is 0 Å². The number of carbonyl (C=O) groups excluding carboxylic acids is 2. The van der Waals surface area contributed by atoms with Crippen LogP contribution in [0.25, 0.3) is 0 Å². The lowest BCUT2D eigenvalue weighted by Gasteiger charge is -2.14. The third-order valence-corrected chi connectivity index (χ3v) is 3.44. The largest absolute Gasteiger partial charge is 0.392 e. The van der Waals surface area contributed by atoms with E-state index in [1.165, 1.54) is 11.3 Å². The number of amides is 2. The molecular weight excluding hydrogens is 252 g/mol. The summed E-state index contributed by atoms with van der Waals surface area (Å²) in [5, 5.41) is 9.51. The quantitative estimate of drug-likeness (QED) is 0.720. The monoisotopic (exact) mass is 270 g/mol. The number of rotatable bonds is 4. The molecule has 1 aromatic heterocycles. The topological polar surface area (TPSA) is 78.4 Å². The van der Waals surface area contributed by atoms with E-state index in [0.29, 0.717) is 4.88 Å². The first-order valence-corrected chi connectivity index (χ1v) is 6.55. The fourth-order valence-electron chi connectivity index (χ4n) is 1.22. The van der Waals surface area contributed by atoms with Gasteiger partial charge in [-0.15, -0.1) is 11.3 Å². The Balaban J connectivity index is 2.37. The van der Waals surface area contributed by atoms with Crippen molar-refractivity contribution in [2.45, 2.75) is 33.3 Å². The Labute approximate surface area is 110 Å². The average molecular weight is 270 g/mol. The van der Waals surface area contributed by atoms with Gasteiger partial charge >= 0.3 is 0 Å². The molecule has 2 amide bonds. The zero-order valence-electron chi connectivity index (χ0n) is 10.7. The molecule has 0 aliphatic carbocycles. The first-order chi connectivity index (χ1) is 8.40. The van der Waals surface area contributed by atoms with Crippen molar-refractivity contribution in [2.24, 2.45) is 5.92 Å². The molecule has 6 heteroatoms. The Morgan fingerprint density at radius 1 is 1.33 bits per heavy atom. The van der Waals surface area contributed by atoms with Crippen molar-refractivity contribution in [1.82, 2.24) is 10.9 Å². The predicted molar refractivity (Wildman–Crippen MR) is 70.1 cm³/mol. The molecule has 0 aliphatic heterocycles. The van der Waals surface area contributed by atoms with Crippen LogP contribution < -0.4 is 10.9 Å². The van der Waals surface area contributed by atoms with Crippen molar-refractivity contribution in [3.63, 3.8) is 0 Å². The summed E-state index contributed by atoms with van der Waals surface area (Å²) < 4.78 is 0. The molecule has 5 nitrogen and oxygen atoms in total. The molecule has 1 unspecified atom stereocenters. The summed E-state index contributed by atoms with van der Waals surface area (Å²) in [6, 6.07) is 3.54. The number of hydrogen-bond acceptors (Lipinski definition) is 4. The molecule has 100 valence electrons. The smallest absolute Gasteiger partial charge is 0.279 e. The van der Waals surface area contributed by atoms with Gasteiger partial charge in [0, 0.05) is 4.88 Å². The second kappa shape index (κ2) is 6.51. The Kier molecular flexibility index (Phi) is 5.30. The molecule has 1 aromatic rings. The second-order valence-corrected chi connectivity index (χ2v) is 5.72. The van der Waals surface area contributed by atoms with Gasteiger partial charge in [-0.1, -0.05) is 13.8 Å². The summed E-state index contributed by atoms with van der Waals surface area (Å²) in [6.07, 6.45) is -0.729. The van der Waals surface area contributed by atoms with E-state index in [1.54, 1.807) is 6.07 Å². The maximum Gasteiger partial charge on any atom is 0.279 e. The fourth-order valence-corrected chi connectivity index (χ4v) is 1.98. The molecule has 0 fully saturated rings. The van der Waals surface area contributed by atoms with Gasteiger partial charge in [-0.2, -0.15) is 0 Å². The van der Waals surface area contributed by atoms with Crippen LogP contribution in [0.5, 0.6) is 0 Å². The summed E-state index contributed by atoms with van der Waals surface area (Å²) in [5.74, 6) is -0.746. The Morgan fingerprint density at radius 3 is 2.50 bits per heavy atom. The highest BCUT2D eigenvalue weighted by atomic mass is 32.1. The minimum atomic E-state index is -0.703. The van der Waals surface area contributed by atoms with Gasteiger partial charge in [0.25, 0.3) is 5.91 Å². The van der Waals surface area contributed by atoms with Gasteiger partial charge in [-0.05, 0) is 25.0 Å². The van der Waals surface area contributed by atoms with E-state index >= 15 is 0 Å². The zero-order valence-corrected chi connectivity index (χ0v) is 11.5. The van der Waals surface area contributed by atoms with Crippen LogP contribution in [-0.4, -0.2) is 23.0 Å². The zero-order chi connectivity index (χ0) is 13.7. The number of aryl methyl sites for hydroxylation is 1. The average Bonchev–Trinajstić information content (AvgIpc) is 2.72. The Hall–Kier alpha value is -1.40. The van der Waals surface area contributed by atoms with Crippen molar-refractivity contribution < 1.29 is 14.7 Å². The Bertz CT molecular complexity index is 429. The number of aliphatic hydroxyl groups is 1. The molecule has 0 radical (unpaired) electrons. The third-order valence-electron chi connectivity index (χ3n) is 2.44. The molecule has 0 aliphatic rings. The van der Waals surface area contributed by atoms with Crippen LogP contribution in [0, 0.1) is 12.8 Å². The second-order valence-electron chi connectivity index (χ2n) is 4.43. The highest BCUT2D eigenvalue weighted by molar-refractivity contribution is 7.13. The predicted octanol–water partition coefficient (Wildman–Crippen LogP) is 1.22. The van der Waals surface area contributed by atoms with Gasteiger partial charge in [0.05, 0.1) is 17.4 Å². The SMILES string of the molecule is Cc1ccc(C(=O)NNC(=O)CC(O)C(C)C)s1. The normalized spacial score (nSPS) is 12.3. The summed E-state index contributed by atoms with van der Waals surface area (Å²) in [5.41, 5.74) is 4.60. The molecule has 1 atom stereocenters. The van der Waals surface area contributed by atoms with E-state index in [1.807, 2.05) is 26.8 Å². The van der Waals surface area contributed by atoms with E-state index in [2.05, 4.69) is 10.9 Å². The third kappa shape index (κ3) is 4.46. The molecule has 1 heterocycles. The van der Waals surface area contributed by atoms with Crippen molar-refractivity contribution >= 4 is 23.2 Å². The summed E-state index contributed by atoms with van der Waals surface area (Å²) in [6.45, 7) is 5.55. The maximum absolute atomic E-state index is 11.6. The molecule has 18 heavy (non-hydrogen) atoms. The van der Waals surface area contributed by atoms with Crippen LogP contribution >= 0.6 is 11.3 Å². The lowest BCUT2D eigenvalue weighted by Crippen LogP contribution is -2.42. The van der Waals surface area contributed by atoms with E-state index in [9.17, 15) is 14.7 Å². The molecule has 0 spiro atoms. The van der Waals surface area contributed by atoms with Gasteiger partial charge in [0.2, 0.25) is 5.91 Å². The van der Waals surface area contributed by atoms with Crippen molar-refractivity contribution in [2.75, 3.05) is 0 Å². The number of hydrazine groups is 1. The maximum atomic E-state index is 11.6. The van der Waals surface area contributed by atoms with Gasteiger partial charge in [0.15, 0.2) is 0 Å². The standard InChI is InChI=1S/C12H18N2O3S/c1-7(2)9(15)6-11(16)13-14-12(17)10-5-4-8(3)18-10/h4-5,7,9,15H,6H2,1-3H3,(H,13,16)(H,14,17). The van der Waals surface area contributed by atoms with Crippen LogP contribution in [0.2, 0.25) is 0 Å². The molecule has 0 bridgehead atoms. The van der Waals surface area contributed by atoms with E-state index in [4.69, 9.17) is 0 Å². The molecular formula is C12H18N2O3S. The number of hydrogen-bond donors (Lipinski definition) is 3. The molecule has 0 saturated heterocycles. The van der Waals surface area contributed by atoms with Crippen LogP contribution in [0.3, 0.4) is 0 Å². The van der Waals surface area contributed by atoms with Gasteiger partial charge in [-0.25, -0.2) is 0 Å². The minimum absolute atomic E-state index is 0.00592. The number of thiophene rings is 1. The van der Waals surface area contributed by atoms with Crippen molar-refractivity contribution in [1.29, 1.82) is 0 Å². The highest BCUT2D eigenvalue weighted by Crippen LogP contribution is 2.14. The molecule has 1 rings (SSSR count). The highest BCUT2D eigenvalue weighted by Gasteiger charge is 2.15. The first-order valence-electron chi connectivity index (χ1n) is 5.74. The van der Waals surface area contributed by atoms with Crippen LogP contribution in [0.1, 0.15) is 34.8 Å². The molecule has 0 aromatic carbocycles. The van der Waals surface area contributed by atoms with E-state index in [-0.39, 0.29) is 18.2 Å². The van der Waals surface area contributed by atoms with E-state index < -0.39 is 12.0 Å². The fraction of sp³-hybridized carbons (Fsp3) is 0.500. The van der Waals surface area contributed by atoms with Gasteiger partial charge in [0.1, 0.15) is 0 Å². The van der Waals surface area contributed by atoms with Crippen LogP contribution in [0.15, 0.2) is 12.1 Å². The minimum Gasteiger partial charge on any atom is -0.392 e. The van der Waals surface area contributed by atoms with Crippen LogP contribution in [0.4, 0.5) is 0 Å². The number of carbonyl (C=O) groups is 2. The number of aliphatic hydroxyl groups excluding tert-OH is 1. The lowest BCUT2D eigenvalue weighted by molar-refractivity contribution is -0.124. The summed E-state index contributed by atoms with van der Waals surface area (Å²) in [7, 11) is 0. The molecule has 3 N–H and O–H groups in total. The lowest BCUT2D eigenvalue weighted by atomic mass is 10.0. The number of nitrogens with one attached hydrogen (secondary N) is 2. The van der Waals surface area contributed by atoms with Gasteiger partial charge < -0.3 is 5.11 Å². The van der Waals surface area contributed by atoms with Crippen molar-refractivity contribution in [3.05, 3.63) is 21.9 Å². The van der Waals surface area contributed by atoms with Gasteiger partial charge in [-0.3, -0.25) is 20.4 Å². The molecule has 0 saturated carbocycles. The van der Waals surface area contributed by atoms with E-state index in [0.717, 1.165) is 4.88 Å². The first kappa shape index (κ1) is 14.7. The summed E-state index contributed by atoms with van der Waals surface area (Å²) >= 11 is 1.35. The Morgan fingerprint density at radius 2 is 2.00 bits per heavy atom.